The maximum Gasteiger partial charge on any atom is 0.306 e. The van der Waals surface area contributed by atoms with Crippen LogP contribution < -0.4 is 5.32 Å². The van der Waals surface area contributed by atoms with Crippen LogP contribution in [0.2, 0.25) is 0 Å². The van der Waals surface area contributed by atoms with E-state index in [4.69, 9.17) is 9.72 Å². The van der Waals surface area contributed by atoms with Crippen LogP contribution in [0.4, 0.5) is 5.69 Å². The summed E-state index contributed by atoms with van der Waals surface area (Å²) in [4.78, 5) is 29.3. The maximum absolute atomic E-state index is 12.3. The lowest BCUT2D eigenvalue weighted by Gasteiger charge is -2.11. The van der Waals surface area contributed by atoms with Gasteiger partial charge in [0.15, 0.2) is 12.3 Å². The number of carbonyl (C=O) groups is 2. The average molecular weight is 461 g/mol. The first-order valence-electron chi connectivity index (χ1n) is 10.4. The maximum atomic E-state index is 12.3. The molecule has 0 unspecified atom stereocenters. The van der Waals surface area contributed by atoms with Gasteiger partial charge in [-0.3, -0.25) is 9.59 Å². The van der Waals surface area contributed by atoms with Crippen LogP contribution in [0.25, 0.3) is 27.6 Å². The molecule has 0 aliphatic heterocycles. The zero-order valence-electron chi connectivity index (χ0n) is 18.0. The number of benzene rings is 2. The summed E-state index contributed by atoms with van der Waals surface area (Å²) in [6.45, 7) is 3.53. The summed E-state index contributed by atoms with van der Waals surface area (Å²) < 4.78 is 15.3. The van der Waals surface area contributed by atoms with Crippen molar-refractivity contribution < 1.29 is 14.3 Å². The summed E-state index contributed by atoms with van der Waals surface area (Å²) in [5, 5.41) is 8.35. The second-order valence-electron chi connectivity index (χ2n) is 7.66. The van der Waals surface area contributed by atoms with Crippen LogP contribution in [-0.2, 0) is 20.7 Å². The second-order valence-corrected chi connectivity index (χ2v) is 8.19. The Morgan fingerprint density at radius 2 is 1.88 bits per heavy atom. The van der Waals surface area contributed by atoms with Crippen molar-refractivity contribution in [2.24, 2.45) is 0 Å². The highest BCUT2D eigenvalue weighted by Crippen LogP contribution is 2.23. The summed E-state index contributed by atoms with van der Waals surface area (Å²) in [6, 6.07) is 13.2. The molecule has 0 radical (unpaired) electrons. The number of hydrogen-bond acceptors (Lipinski definition) is 8. The molecule has 0 saturated carbocycles. The van der Waals surface area contributed by atoms with Crippen molar-refractivity contribution in [2.75, 3.05) is 11.9 Å². The van der Waals surface area contributed by atoms with Crippen molar-refractivity contribution in [3.63, 3.8) is 0 Å². The smallest absolute Gasteiger partial charge is 0.306 e. The van der Waals surface area contributed by atoms with E-state index in [1.165, 1.54) is 0 Å². The summed E-state index contributed by atoms with van der Waals surface area (Å²) in [7, 11) is 0. The van der Waals surface area contributed by atoms with Crippen LogP contribution in [0.1, 0.15) is 23.4 Å². The van der Waals surface area contributed by atoms with E-state index in [1.807, 2.05) is 48.7 Å². The zero-order chi connectivity index (χ0) is 22.9. The number of amides is 1. The molecule has 2 aromatic carbocycles. The molecule has 9 nitrogen and oxygen atoms in total. The minimum Gasteiger partial charge on any atom is -0.456 e. The minimum atomic E-state index is -0.455. The lowest BCUT2D eigenvalue weighted by atomic mass is 10.1. The van der Waals surface area contributed by atoms with Gasteiger partial charge in [-0.15, -0.1) is 0 Å². The summed E-state index contributed by atoms with van der Waals surface area (Å²) in [5.41, 5.74) is 6.26. The lowest BCUT2D eigenvalue weighted by Crippen LogP contribution is -2.21. The molecule has 3 aromatic heterocycles. The summed E-state index contributed by atoms with van der Waals surface area (Å²) >= 11 is 1.07. The molecule has 1 N–H and O–H groups in total. The number of esters is 1. The molecule has 3 heterocycles. The third-order valence-electron chi connectivity index (χ3n) is 5.52. The van der Waals surface area contributed by atoms with E-state index in [-0.39, 0.29) is 13.0 Å². The minimum absolute atomic E-state index is 0.133. The van der Waals surface area contributed by atoms with Crippen LogP contribution in [0.15, 0.2) is 42.5 Å². The van der Waals surface area contributed by atoms with E-state index in [2.05, 4.69) is 19.2 Å². The molecule has 0 saturated heterocycles. The van der Waals surface area contributed by atoms with E-state index in [0.717, 1.165) is 45.2 Å². The van der Waals surface area contributed by atoms with Gasteiger partial charge in [0.05, 0.1) is 22.9 Å². The summed E-state index contributed by atoms with van der Waals surface area (Å²) in [5.74, 6) is -0.884. The molecule has 0 atom stereocenters. The topological polar surface area (TPSA) is 111 Å². The highest BCUT2D eigenvalue weighted by Gasteiger charge is 2.16. The van der Waals surface area contributed by atoms with Crippen molar-refractivity contribution >= 4 is 56.9 Å². The normalized spacial score (nSPS) is 11.3. The number of aryl methyl sites for hydroxylation is 2. The highest BCUT2D eigenvalue weighted by atomic mass is 32.1. The van der Waals surface area contributed by atoms with Gasteiger partial charge in [0, 0.05) is 23.2 Å². The number of hydrogen-bond donors (Lipinski definition) is 1. The number of rotatable bonds is 6. The monoisotopic (exact) mass is 460 g/mol. The van der Waals surface area contributed by atoms with E-state index in [9.17, 15) is 9.59 Å². The largest absolute Gasteiger partial charge is 0.456 e. The number of fused-ring (bicyclic) bond motifs is 4. The van der Waals surface area contributed by atoms with Crippen LogP contribution in [0.3, 0.4) is 0 Å². The first kappa shape index (κ1) is 21.0. The highest BCUT2D eigenvalue weighted by molar-refractivity contribution is 7.00. The molecule has 0 spiro atoms. The first-order chi connectivity index (χ1) is 16.0. The van der Waals surface area contributed by atoms with Crippen molar-refractivity contribution in [1.29, 1.82) is 0 Å². The number of anilines is 1. The predicted octanol–water partition coefficient (Wildman–Crippen LogP) is 3.62. The van der Waals surface area contributed by atoms with E-state index in [1.54, 1.807) is 12.1 Å². The van der Waals surface area contributed by atoms with Gasteiger partial charge in [0.1, 0.15) is 11.0 Å². The third-order valence-corrected chi connectivity index (χ3v) is 6.06. The molecule has 0 aliphatic carbocycles. The Morgan fingerprint density at radius 3 is 2.76 bits per heavy atom. The SMILES string of the molecule is Cc1nc2c3ccccc3nn2c(C)c1CCC(=O)OCC(=O)Nc1cccc2nsnc12. The molecule has 0 aliphatic rings. The molecular weight excluding hydrogens is 440 g/mol. The van der Waals surface area contributed by atoms with E-state index in [0.29, 0.717) is 23.1 Å². The van der Waals surface area contributed by atoms with Gasteiger partial charge < -0.3 is 10.1 Å². The number of carbonyl (C=O) groups excluding carboxylic acids is 2. The quantitative estimate of drug-likeness (QED) is 0.385. The molecular formula is C23H20N6O3S. The average Bonchev–Trinajstić information content (AvgIpc) is 3.43. The van der Waals surface area contributed by atoms with Crippen LogP contribution >= 0.6 is 11.7 Å². The van der Waals surface area contributed by atoms with Crippen LogP contribution in [0.5, 0.6) is 0 Å². The van der Waals surface area contributed by atoms with Crippen molar-refractivity contribution in [3.8, 4) is 0 Å². The Hall–Kier alpha value is -3.92. The lowest BCUT2D eigenvalue weighted by molar-refractivity contribution is -0.147. The number of nitrogens with one attached hydrogen (secondary N) is 1. The first-order valence-corrected chi connectivity index (χ1v) is 11.1. The predicted molar refractivity (Wildman–Crippen MR) is 125 cm³/mol. The van der Waals surface area contributed by atoms with Crippen molar-refractivity contribution in [2.45, 2.75) is 26.7 Å². The molecule has 33 heavy (non-hydrogen) atoms. The Balaban J connectivity index is 1.22. The van der Waals surface area contributed by atoms with Crippen molar-refractivity contribution in [1.82, 2.24) is 23.3 Å². The van der Waals surface area contributed by atoms with Gasteiger partial charge in [-0.1, -0.05) is 18.2 Å². The third kappa shape index (κ3) is 4.00. The molecule has 1 amide bonds. The standard InChI is InChI=1S/C23H20N6O3S/c1-13-15(14(2)29-23(24-13)16-6-3-4-7-17(16)26-29)10-11-21(31)32-12-20(30)25-18-8-5-9-19-22(18)28-33-27-19/h3-9H,10-12H2,1-2H3,(H,25,30). The van der Waals surface area contributed by atoms with Gasteiger partial charge in [-0.25, -0.2) is 9.50 Å². The van der Waals surface area contributed by atoms with Gasteiger partial charge in [-0.05, 0) is 50.1 Å². The molecule has 0 bridgehead atoms. The second kappa shape index (κ2) is 8.55. The number of nitrogens with zero attached hydrogens (tertiary/aromatic N) is 5. The Kier molecular flexibility index (Phi) is 5.43. The van der Waals surface area contributed by atoms with E-state index >= 15 is 0 Å². The molecule has 0 fully saturated rings. The van der Waals surface area contributed by atoms with Gasteiger partial charge in [0.25, 0.3) is 5.91 Å². The Labute approximate surface area is 192 Å². The Morgan fingerprint density at radius 1 is 1.06 bits per heavy atom. The summed E-state index contributed by atoms with van der Waals surface area (Å²) in [6.07, 6.45) is 0.579. The molecule has 5 aromatic rings. The fourth-order valence-corrected chi connectivity index (χ4v) is 4.43. The molecule has 10 heteroatoms. The van der Waals surface area contributed by atoms with Crippen molar-refractivity contribution in [3.05, 3.63) is 59.4 Å². The molecule has 166 valence electrons. The Bertz CT molecular complexity index is 1520. The van der Waals surface area contributed by atoms with E-state index < -0.39 is 11.9 Å². The van der Waals surface area contributed by atoms with Crippen LogP contribution in [-0.4, -0.2) is 41.8 Å². The fourth-order valence-electron chi connectivity index (χ4n) is 3.88. The number of aromatic nitrogens is 5. The zero-order valence-corrected chi connectivity index (χ0v) is 18.8. The fraction of sp³-hybridized carbons (Fsp3) is 0.217. The van der Waals surface area contributed by atoms with Gasteiger partial charge >= 0.3 is 5.97 Å². The van der Waals surface area contributed by atoms with Gasteiger partial charge in [0.2, 0.25) is 0 Å². The van der Waals surface area contributed by atoms with Crippen LogP contribution in [0, 0.1) is 13.8 Å². The molecule has 5 rings (SSSR count). The van der Waals surface area contributed by atoms with Gasteiger partial charge in [-0.2, -0.15) is 13.8 Å². The number of ether oxygens (including phenoxy) is 1.